The van der Waals surface area contributed by atoms with Gasteiger partial charge < -0.3 is 10.1 Å². The molecule has 0 aliphatic rings. The molecule has 1 amide bonds. The van der Waals surface area contributed by atoms with Crippen molar-refractivity contribution in [3.05, 3.63) is 76.6 Å². The number of aromatic amines is 1. The van der Waals surface area contributed by atoms with Crippen molar-refractivity contribution in [1.29, 1.82) is 0 Å². The number of azo groups is 1. The molecule has 0 unspecified atom stereocenters. The number of hydrogen-bond acceptors (Lipinski definition) is 6. The Morgan fingerprint density at radius 3 is 2.48 bits per heavy atom. The largest absolute Gasteiger partial charge is 0.493 e. The highest BCUT2D eigenvalue weighted by Crippen LogP contribution is 2.36. The number of aromatic nitrogens is 3. The molecule has 0 aliphatic heterocycles. The van der Waals surface area contributed by atoms with Crippen LogP contribution in [0.3, 0.4) is 0 Å². The summed E-state index contributed by atoms with van der Waals surface area (Å²) >= 11 is 1.55. The summed E-state index contributed by atoms with van der Waals surface area (Å²) in [5, 5.41) is 19.4. The second-order valence-corrected chi connectivity index (χ2v) is 8.19. The van der Waals surface area contributed by atoms with Crippen molar-refractivity contribution in [2.45, 2.75) is 31.7 Å². The molecule has 0 radical (unpaired) electrons. The van der Waals surface area contributed by atoms with Gasteiger partial charge in [-0.3, -0.25) is 4.79 Å². The lowest BCUT2D eigenvalue weighted by atomic mass is 10.1. The quantitative estimate of drug-likeness (QED) is 0.236. The maximum atomic E-state index is 12.4. The van der Waals surface area contributed by atoms with E-state index in [4.69, 9.17) is 0 Å². The number of para-hydroxylation sites is 1. The van der Waals surface area contributed by atoms with Crippen molar-refractivity contribution in [3.8, 4) is 5.88 Å². The van der Waals surface area contributed by atoms with Crippen LogP contribution in [0.4, 0.5) is 5.69 Å². The zero-order valence-electron chi connectivity index (χ0n) is 17.4. The Labute approximate surface area is 183 Å². The molecule has 0 bridgehead atoms. The SMILES string of the molecule is Cc1cc(C)nc(SCc2ccc(C(=O)N=Nc3c(O)[nH]c4c(C)cccc34)cc2)n1. The summed E-state index contributed by atoms with van der Waals surface area (Å²) in [6.07, 6.45) is 0. The van der Waals surface area contributed by atoms with E-state index < -0.39 is 5.91 Å². The molecule has 2 aromatic heterocycles. The first-order valence-electron chi connectivity index (χ1n) is 9.71. The van der Waals surface area contributed by atoms with E-state index in [-0.39, 0.29) is 11.6 Å². The van der Waals surface area contributed by atoms with Gasteiger partial charge in [-0.05, 0) is 50.1 Å². The van der Waals surface area contributed by atoms with E-state index in [1.807, 2.05) is 57.2 Å². The topological polar surface area (TPSA) is 104 Å². The molecule has 4 rings (SSSR count). The van der Waals surface area contributed by atoms with Crippen LogP contribution in [0.2, 0.25) is 0 Å². The summed E-state index contributed by atoms with van der Waals surface area (Å²) in [6, 6.07) is 14.8. The lowest BCUT2D eigenvalue weighted by Crippen LogP contribution is -1.95. The molecule has 0 fully saturated rings. The number of hydrogen-bond donors (Lipinski definition) is 2. The average Bonchev–Trinajstić information content (AvgIpc) is 3.07. The molecule has 0 atom stereocenters. The number of benzene rings is 2. The molecular formula is C23H21N5O2S. The summed E-state index contributed by atoms with van der Waals surface area (Å²) in [7, 11) is 0. The second kappa shape index (κ2) is 8.69. The van der Waals surface area contributed by atoms with Crippen LogP contribution in [0.5, 0.6) is 5.88 Å². The van der Waals surface area contributed by atoms with Crippen LogP contribution >= 0.6 is 11.8 Å². The lowest BCUT2D eigenvalue weighted by Gasteiger charge is -2.04. The number of nitrogens with one attached hydrogen (secondary N) is 1. The lowest BCUT2D eigenvalue weighted by molar-refractivity contribution is 0.0995. The van der Waals surface area contributed by atoms with Crippen molar-refractivity contribution in [3.63, 3.8) is 0 Å². The average molecular weight is 432 g/mol. The number of nitrogens with zero attached hydrogens (tertiary/aromatic N) is 4. The molecule has 0 saturated carbocycles. The predicted octanol–water partition coefficient (Wildman–Crippen LogP) is 5.81. The zero-order valence-corrected chi connectivity index (χ0v) is 18.2. The molecule has 2 N–H and O–H groups in total. The molecule has 0 spiro atoms. The summed E-state index contributed by atoms with van der Waals surface area (Å²) in [6.45, 7) is 5.83. The van der Waals surface area contributed by atoms with Crippen LogP contribution in [0, 0.1) is 20.8 Å². The van der Waals surface area contributed by atoms with Crippen LogP contribution in [-0.4, -0.2) is 26.0 Å². The van der Waals surface area contributed by atoms with E-state index >= 15 is 0 Å². The van der Waals surface area contributed by atoms with Gasteiger partial charge in [-0.1, -0.05) is 42.1 Å². The van der Waals surface area contributed by atoms with Crippen LogP contribution < -0.4 is 0 Å². The number of aromatic hydroxyl groups is 1. The van der Waals surface area contributed by atoms with Gasteiger partial charge >= 0.3 is 0 Å². The monoisotopic (exact) mass is 431 g/mol. The Morgan fingerprint density at radius 2 is 1.77 bits per heavy atom. The van der Waals surface area contributed by atoms with Gasteiger partial charge in [-0.15, -0.1) is 10.2 Å². The van der Waals surface area contributed by atoms with E-state index in [0.717, 1.165) is 38.6 Å². The first-order valence-corrected chi connectivity index (χ1v) is 10.7. The summed E-state index contributed by atoms with van der Waals surface area (Å²) in [5.74, 6) is 0.113. The molecule has 31 heavy (non-hydrogen) atoms. The minimum Gasteiger partial charge on any atom is -0.493 e. The Hall–Kier alpha value is -3.52. The standard InChI is InChI=1S/C23H21N5O2S/c1-13-5-4-6-18-19(13)26-22(30)20(18)27-28-21(29)17-9-7-16(8-10-17)12-31-23-24-14(2)11-15(3)25-23/h4-11,26,30H,12H2,1-3H3. The van der Waals surface area contributed by atoms with E-state index in [1.165, 1.54) is 0 Å². The van der Waals surface area contributed by atoms with Crippen LogP contribution in [0.15, 0.2) is 63.9 Å². The Kier molecular flexibility index (Phi) is 5.81. The number of carbonyl (C=O) groups is 1. The number of thioether (sulfide) groups is 1. The number of fused-ring (bicyclic) bond motifs is 1. The van der Waals surface area contributed by atoms with Crippen LogP contribution in [-0.2, 0) is 5.75 Å². The van der Waals surface area contributed by atoms with Crippen molar-refractivity contribution in [2.24, 2.45) is 10.2 Å². The smallest absolute Gasteiger partial charge is 0.295 e. The first-order chi connectivity index (χ1) is 14.9. The van der Waals surface area contributed by atoms with Gasteiger partial charge in [0.2, 0.25) is 5.88 Å². The van der Waals surface area contributed by atoms with Gasteiger partial charge in [0.1, 0.15) is 0 Å². The molecule has 0 aliphatic carbocycles. The maximum absolute atomic E-state index is 12.4. The van der Waals surface area contributed by atoms with Gasteiger partial charge in [0.25, 0.3) is 5.91 Å². The van der Waals surface area contributed by atoms with E-state index in [1.54, 1.807) is 23.9 Å². The van der Waals surface area contributed by atoms with E-state index in [0.29, 0.717) is 11.3 Å². The fraction of sp³-hybridized carbons (Fsp3) is 0.174. The third-order valence-electron chi connectivity index (χ3n) is 4.77. The van der Waals surface area contributed by atoms with E-state index in [2.05, 4.69) is 25.2 Å². The second-order valence-electron chi connectivity index (χ2n) is 7.24. The number of H-pyrrole nitrogens is 1. The third kappa shape index (κ3) is 4.64. The zero-order chi connectivity index (χ0) is 22.0. The Morgan fingerprint density at radius 1 is 1.06 bits per heavy atom. The maximum Gasteiger partial charge on any atom is 0.295 e. The molecule has 7 nitrogen and oxygen atoms in total. The number of aryl methyl sites for hydroxylation is 3. The third-order valence-corrected chi connectivity index (χ3v) is 5.69. The molecular weight excluding hydrogens is 410 g/mol. The van der Waals surface area contributed by atoms with Gasteiger partial charge in [0.05, 0.1) is 5.52 Å². The Bertz CT molecular complexity index is 1280. The van der Waals surface area contributed by atoms with E-state index in [9.17, 15) is 9.90 Å². The highest BCUT2D eigenvalue weighted by molar-refractivity contribution is 7.98. The number of carbonyl (C=O) groups excluding carboxylic acids is 1. The molecule has 2 aromatic carbocycles. The number of amides is 1. The fourth-order valence-electron chi connectivity index (χ4n) is 3.24. The first kappa shape index (κ1) is 20.7. The normalized spacial score (nSPS) is 11.5. The van der Waals surface area contributed by atoms with Crippen LogP contribution in [0.1, 0.15) is 32.9 Å². The van der Waals surface area contributed by atoms with Crippen LogP contribution in [0.25, 0.3) is 10.9 Å². The number of rotatable bonds is 5. The molecule has 2 heterocycles. The molecule has 8 heteroatoms. The molecule has 0 saturated heterocycles. The molecule has 156 valence electrons. The van der Waals surface area contributed by atoms with Gasteiger partial charge in [-0.25, -0.2) is 9.97 Å². The summed E-state index contributed by atoms with van der Waals surface area (Å²) in [5.41, 5.74) is 5.36. The minimum atomic E-state index is -0.474. The van der Waals surface area contributed by atoms with Crippen molar-refractivity contribution < 1.29 is 9.90 Å². The van der Waals surface area contributed by atoms with Crippen molar-refractivity contribution >= 4 is 34.3 Å². The van der Waals surface area contributed by atoms with Gasteiger partial charge in [0.15, 0.2) is 10.8 Å². The van der Waals surface area contributed by atoms with Gasteiger partial charge in [0, 0.05) is 28.1 Å². The summed E-state index contributed by atoms with van der Waals surface area (Å²) < 4.78 is 0. The van der Waals surface area contributed by atoms with Gasteiger partial charge in [-0.2, -0.15) is 0 Å². The highest BCUT2D eigenvalue weighted by Gasteiger charge is 2.13. The predicted molar refractivity (Wildman–Crippen MR) is 121 cm³/mol. The molecule has 4 aromatic rings. The van der Waals surface area contributed by atoms with Crippen molar-refractivity contribution in [2.75, 3.05) is 0 Å². The van der Waals surface area contributed by atoms with Crippen molar-refractivity contribution in [1.82, 2.24) is 15.0 Å². The Balaban J connectivity index is 1.45. The highest BCUT2D eigenvalue weighted by atomic mass is 32.2. The fourth-order valence-corrected chi connectivity index (χ4v) is 4.15. The summed E-state index contributed by atoms with van der Waals surface area (Å²) in [4.78, 5) is 24.2. The minimum absolute atomic E-state index is 0.109.